The van der Waals surface area contributed by atoms with E-state index in [0.717, 1.165) is 17.2 Å². The summed E-state index contributed by atoms with van der Waals surface area (Å²) in [7, 11) is 0. The van der Waals surface area contributed by atoms with E-state index in [1.807, 2.05) is 36.4 Å². The topological polar surface area (TPSA) is 0 Å². The number of hydrogen-bond acceptors (Lipinski definition) is 0. The summed E-state index contributed by atoms with van der Waals surface area (Å²) in [5.41, 5.74) is 6.20. The number of benzene rings is 2. The Morgan fingerprint density at radius 3 is 2.00 bits per heavy atom. The number of halogens is 4. The number of fused-ring (bicyclic) bond motifs is 1. The fraction of sp³-hybridized carbons (Fsp3) is 0.269. The van der Waals surface area contributed by atoms with Gasteiger partial charge in [0.25, 0.3) is 0 Å². The predicted octanol–water partition coefficient (Wildman–Crippen LogP) is 8.85. The van der Waals surface area contributed by atoms with Gasteiger partial charge in [-0.3, -0.25) is 6.08 Å². The molecule has 1 unspecified atom stereocenters. The molecule has 0 fully saturated rings. The van der Waals surface area contributed by atoms with E-state index in [1.54, 1.807) is 29.4 Å². The fourth-order valence-electron chi connectivity index (χ4n) is 3.29. The summed E-state index contributed by atoms with van der Waals surface area (Å²) in [5.74, 6) is -0.492. The standard InChI is InChI=1S/C15H9F2.C9H13.C2H6Si.2ClH.Zr/c16-12-8-11-6-7-13(15(11)14(17)9-12)10-4-2-1-3-5-10;1-6-5-7(2)9(4)8(6)3;1-3-2;;;/h1-9H;6H,1-4H3;1-2H3;2*1H;/q2*-1;;;;+2. The summed E-state index contributed by atoms with van der Waals surface area (Å²) >= 11 is 1.74. The van der Waals surface area contributed by atoms with Crippen LogP contribution in [0.4, 0.5) is 8.78 Å². The second kappa shape index (κ2) is 14.4. The maximum Gasteiger partial charge on any atom is 0.0844 e. The summed E-state index contributed by atoms with van der Waals surface area (Å²) in [6.07, 6.45) is 3.36. The Morgan fingerprint density at radius 2 is 1.56 bits per heavy atom. The first-order valence-electron chi connectivity index (χ1n) is 10.0. The molecule has 0 saturated carbocycles. The zero-order valence-corrected chi connectivity index (χ0v) is 24.4. The van der Waals surface area contributed by atoms with E-state index in [9.17, 15) is 8.78 Å². The van der Waals surface area contributed by atoms with Gasteiger partial charge >= 0.3 is 41.9 Å². The minimum Gasteiger partial charge on any atom is -0.218 e. The third kappa shape index (κ3) is 8.45. The zero-order valence-electron chi connectivity index (χ0n) is 19.3. The Balaban J connectivity index is 0.000000547. The van der Waals surface area contributed by atoms with Gasteiger partial charge in [-0.25, -0.2) is 14.4 Å². The smallest absolute Gasteiger partial charge is 0.0844 e. The van der Waals surface area contributed by atoms with Crippen LogP contribution in [0.1, 0.15) is 27.7 Å². The first kappa shape index (κ1) is 31.1. The molecule has 0 radical (unpaired) electrons. The molecule has 1 atom stereocenters. The predicted molar refractivity (Wildman–Crippen MR) is 137 cm³/mol. The molecule has 170 valence electrons. The average Bonchev–Trinajstić information content (AvgIpc) is 3.20. The van der Waals surface area contributed by atoms with Crippen molar-refractivity contribution in [2.75, 3.05) is 0 Å². The Morgan fingerprint density at radius 1 is 1.00 bits per heavy atom. The first-order valence-corrected chi connectivity index (χ1v) is 16.2. The molecule has 0 aliphatic heterocycles. The Kier molecular flexibility index (Phi) is 13.9. The van der Waals surface area contributed by atoms with Gasteiger partial charge in [0.05, 0.1) is 11.6 Å². The van der Waals surface area contributed by atoms with E-state index < -0.39 is 11.6 Å². The van der Waals surface area contributed by atoms with Crippen LogP contribution in [0.5, 0.6) is 0 Å². The Labute approximate surface area is 218 Å². The molecule has 0 saturated heterocycles. The second-order valence-corrected chi connectivity index (χ2v) is 17.1. The first-order chi connectivity index (χ1) is 14.1. The molecule has 3 aromatic rings. The third-order valence-electron chi connectivity index (χ3n) is 5.11. The van der Waals surface area contributed by atoms with E-state index in [-0.39, 0.29) is 30.2 Å². The molecule has 0 amide bonds. The van der Waals surface area contributed by atoms with Gasteiger partial charge < -0.3 is 0 Å². The van der Waals surface area contributed by atoms with Crippen molar-refractivity contribution in [1.29, 1.82) is 0 Å². The summed E-state index contributed by atoms with van der Waals surface area (Å²) in [6, 6.07) is 15.4. The largest absolute Gasteiger partial charge is 0.218 e. The number of hydrogen-bond donors (Lipinski definition) is 0. The van der Waals surface area contributed by atoms with Crippen molar-refractivity contribution in [3.05, 3.63) is 89.0 Å². The number of rotatable bonds is 1. The van der Waals surface area contributed by atoms with Gasteiger partial charge in [0.15, 0.2) is 0 Å². The normalized spacial score (nSPS) is 14.3. The zero-order chi connectivity index (χ0) is 22.4. The molecule has 0 N–H and O–H groups in total. The summed E-state index contributed by atoms with van der Waals surface area (Å²) < 4.78 is 26.9. The van der Waals surface area contributed by atoms with Crippen molar-refractivity contribution >= 4 is 41.0 Å². The minimum atomic E-state index is -0.541. The quantitative estimate of drug-likeness (QED) is 0.203. The van der Waals surface area contributed by atoms with Crippen molar-refractivity contribution in [3.63, 3.8) is 0 Å². The van der Waals surface area contributed by atoms with Crippen LogP contribution in [0.2, 0.25) is 13.1 Å². The molecule has 32 heavy (non-hydrogen) atoms. The summed E-state index contributed by atoms with van der Waals surface area (Å²) in [6.45, 7) is 13.3. The Bertz CT molecular complexity index is 1100. The molecule has 0 aromatic heterocycles. The van der Waals surface area contributed by atoms with Crippen LogP contribution < -0.4 is 0 Å². The van der Waals surface area contributed by atoms with Crippen molar-refractivity contribution in [2.24, 2.45) is 5.92 Å². The van der Waals surface area contributed by atoms with Crippen LogP contribution in [-0.2, 0) is 23.3 Å². The van der Waals surface area contributed by atoms with E-state index in [1.165, 1.54) is 22.8 Å². The molecular formula is C26H30Cl2F2SiZr. The van der Waals surface area contributed by atoms with Crippen LogP contribution >= 0.6 is 24.8 Å². The summed E-state index contributed by atoms with van der Waals surface area (Å²) in [4.78, 5) is 0. The van der Waals surface area contributed by atoms with Crippen LogP contribution in [0.15, 0.2) is 71.3 Å². The van der Waals surface area contributed by atoms with Crippen LogP contribution in [0.25, 0.3) is 21.9 Å². The van der Waals surface area contributed by atoms with Crippen molar-refractivity contribution in [1.82, 2.24) is 0 Å². The van der Waals surface area contributed by atoms with Gasteiger partial charge in [-0.15, -0.1) is 54.8 Å². The molecule has 6 heteroatoms. The monoisotopic (exact) mass is 568 g/mol. The molecule has 4 rings (SSSR count). The number of allylic oxidation sites excluding steroid dienone is 4. The molecule has 1 aliphatic rings. The maximum atomic E-state index is 13.8. The third-order valence-corrected chi connectivity index (χ3v) is 5.11. The minimum absolute atomic E-state index is 0. The molecule has 0 spiro atoms. The SMILES string of the molecule is CC1=[C-]C(C)C(C)=C1C.C[Si](C)=[Zr+2].Cl.Cl.Fc1cc(F)c2c(-c3ccccc3)c[cH-]c2c1. The average molecular weight is 571 g/mol. The van der Waals surface area contributed by atoms with Gasteiger partial charge in [0, 0.05) is 0 Å². The van der Waals surface area contributed by atoms with E-state index in [0.29, 0.717) is 16.7 Å². The van der Waals surface area contributed by atoms with Crippen LogP contribution in [0, 0.1) is 23.6 Å². The van der Waals surface area contributed by atoms with Crippen LogP contribution in [-0.4, -0.2) is 5.43 Å². The van der Waals surface area contributed by atoms with Gasteiger partial charge in [0.2, 0.25) is 0 Å². The van der Waals surface area contributed by atoms with Gasteiger partial charge in [-0.2, -0.15) is 11.1 Å². The molecule has 3 aromatic carbocycles. The fourth-order valence-corrected chi connectivity index (χ4v) is 3.29. The van der Waals surface area contributed by atoms with E-state index in [2.05, 4.69) is 46.9 Å². The van der Waals surface area contributed by atoms with Crippen LogP contribution in [0.3, 0.4) is 0 Å². The molecular weight excluding hydrogens is 540 g/mol. The van der Waals surface area contributed by atoms with Gasteiger partial charge in [-0.1, -0.05) is 74.0 Å². The molecule has 0 heterocycles. The van der Waals surface area contributed by atoms with E-state index >= 15 is 0 Å². The molecule has 0 nitrogen and oxygen atoms in total. The van der Waals surface area contributed by atoms with Crippen molar-refractivity contribution < 1.29 is 32.1 Å². The molecule has 1 aliphatic carbocycles. The van der Waals surface area contributed by atoms with Crippen molar-refractivity contribution in [2.45, 2.75) is 40.8 Å². The van der Waals surface area contributed by atoms with Gasteiger partial charge in [-0.05, 0) is 6.07 Å². The Hall–Kier alpha value is -0.930. The van der Waals surface area contributed by atoms with Crippen molar-refractivity contribution in [3.8, 4) is 11.1 Å². The van der Waals surface area contributed by atoms with E-state index in [4.69, 9.17) is 0 Å². The second-order valence-electron chi connectivity index (χ2n) is 7.76. The molecule has 0 bridgehead atoms. The summed E-state index contributed by atoms with van der Waals surface area (Å²) in [5, 5.41) is 1.08. The maximum absolute atomic E-state index is 13.8. The van der Waals surface area contributed by atoms with Gasteiger partial charge in [0.1, 0.15) is 0 Å².